The summed E-state index contributed by atoms with van der Waals surface area (Å²) in [6, 6.07) is 2.72. The Bertz CT molecular complexity index is 428. The van der Waals surface area contributed by atoms with Gasteiger partial charge in [-0.05, 0) is 25.5 Å². The number of aliphatic hydroxyl groups is 1. The Morgan fingerprint density at radius 3 is 2.58 bits per heavy atom. The summed E-state index contributed by atoms with van der Waals surface area (Å²) in [4.78, 5) is 22.7. The van der Waals surface area contributed by atoms with Gasteiger partial charge in [0, 0.05) is 6.04 Å². The van der Waals surface area contributed by atoms with Gasteiger partial charge in [0.2, 0.25) is 11.5 Å². The quantitative estimate of drug-likeness (QED) is 0.551. The molecule has 0 bridgehead atoms. The average Bonchev–Trinajstić information content (AvgIpc) is 2.87. The molecule has 2 N–H and O–H groups in total. The van der Waals surface area contributed by atoms with E-state index >= 15 is 0 Å². The molecule has 1 aromatic heterocycles. The lowest BCUT2D eigenvalue weighted by atomic mass is 10.2. The molecule has 0 unspecified atom stereocenters. The van der Waals surface area contributed by atoms with Gasteiger partial charge in [0.05, 0.1) is 20.4 Å². The van der Waals surface area contributed by atoms with Crippen molar-refractivity contribution in [1.29, 1.82) is 0 Å². The van der Waals surface area contributed by atoms with Crippen molar-refractivity contribution in [2.75, 3.05) is 20.4 Å². The number of furan rings is 1. The third-order valence-corrected chi connectivity index (χ3v) is 2.42. The molecular formula is C12H17NO6. The van der Waals surface area contributed by atoms with Crippen LogP contribution in [0, 0.1) is 0 Å². The molecule has 7 nitrogen and oxygen atoms in total. The highest BCUT2D eigenvalue weighted by molar-refractivity contribution is 5.90. The molecule has 0 aliphatic heterocycles. The van der Waals surface area contributed by atoms with Crippen LogP contribution in [0.1, 0.15) is 34.5 Å². The number of ether oxygens (including phenoxy) is 2. The van der Waals surface area contributed by atoms with Crippen LogP contribution in [0.25, 0.3) is 0 Å². The minimum absolute atomic E-state index is 0.0278. The van der Waals surface area contributed by atoms with Gasteiger partial charge in [0.15, 0.2) is 0 Å². The monoisotopic (exact) mass is 271 g/mol. The zero-order valence-electron chi connectivity index (χ0n) is 10.8. The van der Waals surface area contributed by atoms with Crippen molar-refractivity contribution in [3.05, 3.63) is 23.7 Å². The minimum atomic E-state index is -0.653. The highest BCUT2D eigenvalue weighted by atomic mass is 16.6. The largest absolute Gasteiger partial charge is 0.463 e. The number of methoxy groups -OCH3 is 1. The van der Waals surface area contributed by atoms with Crippen LogP contribution in [0.2, 0.25) is 0 Å². The topological polar surface area (TPSA) is 98.0 Å². The molecule has 1 aromatic rings. The number of esters is 2. The lowest BCUT2D eigenvalue weighted by Gasteiger charge is -2.10. The van der Waals surface area contributed by atoms with E-state index in [1.54, 1.807) is 0 Å². The first-order valence-electron chi connectivity index (χ1n) is 5.78. The zero-order valence-corrected chi connectivity index (χ0v) is 10.8. The Labute approximate surface area is 110 Å². The van der Waals surface area contributed by atoms with Gasteiger partial charge in [-0.15, -0.1) is 0 Å². The fourth-order valence-corrected chi connectivity index (χ4v) is 1.32. The first-order chi connectivity index (χ1) is 9.08. The number of rotatable bonds is 7. The fraction of sp³-hybridized carbons (Fsp3) is 0.500. The van der Waals surface area contributed by atoms with Crippen molar-refractivity contribution in [1.82, 2.24) is 5.32 Å². The Morgan fingerprint density at radius 2 is 2.00 bits per heavy atom. The number of nitrogens with one attached hydrogen (secondary N) is 1. The van der Waals surface area contributed by atoms with Gasteiger partial charge < -0.3 is 19.0 Å². The normalized spacial score (nSPS) is 11.9. The summed E-state index contributed by atoms with van der Waals surface area (Å²) >= 11 is 0. The minimum Gasteiger partial charge on any atom is -0.463 e. The van der Waals surface area contributed by atoms with Crippen LogP contribution in [0.15, 0.2) is 16.5 Å². The first-order valence-corrected chi connectivity index (χ1v) is 5.78. The molecule has 0 radical (unpaired) electrons. The number of carbonyl (C=O) groups is 2. The number of aliphatic hydroxyl groups excluding tert-OH is 1. The molecule has 0 aliphatic carbocycles. The van der Waals surface area contributed by atoms with Gasteiger partial charge in [-0.25, -0.2) is 9.59 Å². The molecule has 0 aliphatic rings. The lowest BCUT2D eigenvalue weighted by molar-refractivity contribution is 0.0443. The summed E-state index contributed by atoms with van der Waals surface area (Å²) < 4.78 is 14.4. The summed E-state index contributed by atoms with van der Waals surface area (Å²) in [6.07, 6.45) is 0.552. The van der Waals surface area contributed by atoms with Crippen LogP contribution in [0.3, 0.4) is 0 Å². The number of carbonyl (C=O) groups excluding carboxylic acids is 2. The number of hydrogen-bond donors (Lipinski definition) is 2. The SMILES string of the molecule is COC(=O)c1ccc(C(=O)OCC[C@H](C)NCO)o1. The van der Waals surface area contributed by atoms with Crippen molar-refractivity contribution in [3.8, 4) is 0 Å². The maximum atomic E-state index is 11.6. The summed E-state index contributed by atoms with van der Waals surface area (Å²) in [7, 11) is 1.22. The van der Waals surface area contributed by atoms with E-state index in [9.17, 15) is 9.59 Å². The van der Waals surface area contributed by atoms with Gasteiger partial charge in [0.25, 0.3) is 0 Å². The standard InChI is InChI=1S/C12H17NO6/c1-8(13-7-14)5-6-18-12(16)10-4-3-9(19-10)11(15)17-2/h3-4,8,13-14H,5-7H2,1-2H3/t8-/m0/s1. The van der Waals surface area contributed by atoms with E-state index in [1.807, 2.05) is 6.92 Å². The molecule has 0 aromatic carbocycles. The molecule has 106 valence electrons. The second kappa shape index (κ2) is 7.55. The Kier molecular flexibility index (Phi) is 6.04. The Balaban J connectivity index is 2.41. The van der Waals surface area contributed by atoms with Crippen LogP contribution in [0.4, 0.5) is 0 Å². The maximum absolute atomic E-state index is 11.6. The third kappa shape index (κ3) is 4.72. The van der Waals surface area contributed by atoms with Gasteiger partial charge in [0.1, 0.15) is 0 Å². The highest BCUT2D eigenvalue weighted by Crippen LogP contribution is 2.10. The van der Waals surface area contributed by atoms with Crippen molar-refractivity contribution >= 4 is 11.9 Å². The molecule has 0 saturated heterocycles. The second-order valence-electron chi connectivity index (χ2n) is 3.84. The van der Waals surface area contributed by atoms with Crippen LogP contribution >= 0.6 is 0 Å². The van der Waals surface area contributed by atoms with Gasteiger partial charge >= 0.3 is 11.9 Å². The zero-order chi connectivity index (χ0) is 14.3. The molecule has 0 spiro atoms. The van der Waals surface area contributed by atoms with E-state index < -0.39 is 11.9 Å². The molecule has 0 fully saturated rings. The van der Waals surface area contributed by atoms with E-state index in [0.717, 1.165) is 0 Å². The van der Waals surface area contributed by atoms with E-state index in [4.69, 9.17) is 14.3 Å². The fourth-order valence-electron chi connectivity index (χ4n) is 1.32. The van der Waals surface area contributed by atoms with Crippen molar-refractivity contribution < 1.29 is 28.6 Å². The molecular weight excluding hydrogens is 254 g/mol. The van der Waals surface area contributed by atoms with Crippen molar-refractivity contribution in [2.45, 2.75) is 19.4 Å². The lowest BCUT2D eigenvalue weighted by Crippen LogP contribution is -2.28. The van der Waals surface area contributed by atoms with E-state index in [1.165, 1.54) is 19.2 Å². The summed E-state index contributed by atoms with van der Waals surface area (Å²) in [5, 5.41) is 11.4. The molecule has 0 saturated carbocycles. The maximum Gasteiger partial charge on any atom is 0.374 e. The van der Waals surface area contributed by atoms with E-state index in [-0.39, 0.29) is 30.9 Å². The molecule has 19 heavy (non-hydrogen) atoms. The molecule has 1 heterocycles. The van der Waals surface area contributed by atoms with Gasteiger partial charge in [-0.3, -0.25) is 5.32 Å². The predicted octanol–water partition coefficient (Wildman–Crippen LogP) is 0.541. The number of hydrogen-bond acceptors (Lipinski definition) is 7. The second-order valence-corrected chi connectivity index (χ2v) is 3.84. The van der Waals surface area contributed by atoms with Crippen LogP contribution in [0.5, 0.6) is 0 Å². The highest BCUT2D eigenvalue weighted by Gasteiger charge is 2.17. The Hall–Kier alpha value is -1.86. The molecule has 1 rings (SSSR count). The molecule has 1 atom stereocenters. The van der Waals surface area contributed by atoms with Crippen LogP contribution < -0.4 is 5.32 Å². The first kappa shape index (κ1) is 15.2. The van der Waals surface area contributed by atoms with Crippen LogP contribution in [-0.4, -0.2) is 43.5 Å². The van der Waals surface area contributed by atoms with E-state index in [2.05, 4.69) is 10.1 Å². The average molecular weight is 271 g/mol. The van der Waals surface area contributed by atoms with Crippen molar-refractivity contribution in [2.24, 2.45) is 0 Å². The third-order valence-electron chi connectivity index (χ3n) is 2.42. The summed E-state index contributed by atoms with van der Waals surface area (Å²) in [5.41, 5.74) is 0. The van der Waals surface area contributed by atoms with Crippen LogP contribution in [-0.2, 0) is 9.47 Å². The summed E-state index contributed by atoms with van der Waals surface area (Å²) in [6.45, 7) is 1.91. The molecule has 7 heteroatoms. The van der Waals surface area contributed by atoms with Crippen molar-refractivity contribution in [3.63, 3.8) is 0 Å². The van der Waals surface area contributed by atoms with Gasteiger partial charge in [-0.2, -0.15) is 0 Å². The Morgan fingerprint density at radius 1 is 1.37 bits per heavy atom. The molecule has 0 amide bonds. The van der Waals surface area contributed by atoms with E-state index in [0.29, 0.717) is 6.42 Å². The summed E-state index contributed by atoms with van der Waals surface area (Å²) in [5.74, 6) is -1.40. The smallest absolute Gasteiger partial charge is 0.374 e. The predicted molar refractivity (Wildman–Crippen MR) is 64.6 cm³/mol. The van der Waals surface area contributed by atoms with Gasteiger partial charge in [-0.1, -0.05) is 0 Å².